The van der Waals surface area contributed by atoms with E-state index in [0.717, 1.165) is 25.2 Å². The van der Waals surface area contributed by atoms with Crippen LogP contribution >= 0.6 is 0 Å². The number of carboxylic acids is 2. The van der Waals surface area contributed by atoms with Gasteiger partial charge in [-0.3, -0.25) is 0 Å². The van der Waals surface area contributed by atoms with Gasteiger partial charge in [0.05, 0.1) is 6.61 Å². The van der Waals surface area contributed by atoms with Gasteiger partial charge in [-0.25, -0.2) is 9.59 Å². The number of likely N-dealkylation sites (tertiary alicyclic amines) is 1. The summed E-state index contributed by atoms with van der Waals surface area (Å²) in [4.78, 5) is 20.9. The first kappa shape index (κ1) is 29.1. The van der Waals surface area contributed by atoms with E-state index in [2.05, 4.69) is 66.4 Å². The Balaban J connectivity index is 0.000000735. The highest BCUT2D eigenvalue weighted by atomic mass is 16.5. The van der Waals surface area contributed by atoms with Crippen LogP contribution in [-0.2, 0) is 16.0 Å². The zero-order chi connectivity index (χ0) is 23.9. The Labute approximate surface area is 202 Å². The Kier molecular flexibility index (Phi) is 14.3. The molecule has 2 aromatic carbocycles. The first-order valence-corrected chi connectivity index (χ1v) is 12.0. The van der Waals surface area contributed by atoms with Crippen LogP contribution in [0.25, 0.3) is 0 Å². The van der Waals surface area contributed by atoms with Crippen LogP contribution in [0.3, 0.4) is 0 Å². The van der Waals surface area contributed by atoms with Crippen molar-refractivity contribution in [3.05, 3.63) is 65.7 Å². The van der Waals surface area contributed by atoms with Crippen molar-refractivity contribution < 1.29 is 30.0 Å². The summed E-state index contributed by atoms with van der Waals surface area (Å²) in [6.45, 7) is 5.66. The molecule has 0 saturated carbocycles. The third-order valence-electron chi connectivity index (χ3n) is 5.88. The van der Waals surface area contributed by atoms with E-state index in [4.69, 9.17) is 24.5 Å². The molecule has 1 aliphatic heterocycles. The van der Waals surface area contributed by atoms with Crippen molar-refractivity contribution in [2.45, 2.75) is 64.3 Å². The molecule has 0 radical (unpaired) electrons. The van der Waals surface area contributed by atoms with E-state index in [9.17, 15) is 0 Å². The van der Waals surface area contributed by atoms with Crippen molar-refractivity contribution in [1.29, 1.82) is 0 Å². The highest BCUT2D eigenvalue weighted by Crippen LogP contribution is 2.21. The van der Waals surface area contributed by atoms with E-state index in [-0.39, 0.29) is 5.48 Å². The number of hydrogen-bond donors (Lipinski definition) is 2. The van der Waals surface area contributed by atoms with E-state index < -0.39 is 11.9 Å². The Hall–Kier alpha value is -2.90. The van der Waals surface area contributed by atoms with Gasteiger partial charge in [0.25, 0.3) is 0 Å². The minimum absolute atomic E-state index is 0. The second-order valence-electron chi connectivity index (χ2n) is 8.45. The highest BCUT2D eigenvalue weighted by Gasteiger charge is 2.21. The molecule has 1 heterocycles. The van der Waals surface area contributed by atoms with Gasteiger partial charge in [0.15, 0.2) is 0 Å². The summed E-state index contributed by atoms with van der Waals surface area (Å²) in [5, 5.41) is 14.8. The number of ether oxygens (including phenoxy) is 1. The third-order valence-corrected chi connectivity index (χ3v) is 5.88. The van der Waals surface area contributed by atoms with E-state index in [1.165, 1.54) is 62.7 Å². The molecule has 1 atom stereocenters. The molecule has 0 amide bonds. The lowest BCUT2D eigenvalue weighted by atomic mass is 9.99. The molecule has 34 heavy (non-hydrogen) atoms. The van der Waals surface area contributed by atoms with Crippen LogP contribution in [0, 0.1) is 0 Å². The summed E-state index contributed by atoms with van der Waals surface area (Å²) in [5.41, 5.74) is 2.69. The number of nitrogens with zero attached hydrogens (tertiary/aromatic N) is 1. The summed E-state index contributed by atoms with van der Waals surface area (Å²) in [7, 11) is 0. The molecule has 0 aliphatic carbocycles. The molecule has 2 aromatic rings. The molecular formula is C27H39NO6. The van der Waals surface area contributed by atoms with Crippen molar-refractivity contribution in [3.63, 3.8) is 0 Å². The Morgan fingerprint density at radius 3 is 2.21 bits per heavy atom. The smallest absolute Gasteiger partial charge is 0.414 e. The molecule has 188 valence electrons. The first-order chi connectivity index (χ1) is 16.0. The van der Waals surface area contributed by atoms with Crippen LogP contribution in [0.4, 0.5) is 0 Å². The summed E-state index contributed by atoms with van der Waals surface area (Å²) >= 11 is 0. The number of carbonyl (C=O) groups is 2. The maximum atomic E-state index is 9.10. The summed E-state index contributed by atoms with van der Waals surface area (Å²) in [5.74, 6) is -2.65. The predicted octanol–water partition coefficient (Wildman–Crippen LogP) is 4.42. The lowest BCUT2D eigenvalue weighted by molar-refractivity contribution is -0.159. The normalized spacial score (nSPS) is 15.4. The first-order valence-electron chi connectivity index (χ1n) is 12.0. The monoisotopic (exact) mass is 473 g/mol. The van der Waals surface area contributed by atoms with Crippen LogP contribution < -0.4 is 4.74 Å². The Morgan fingerprint density at radius 1 is 0.941 bits per heavy atom. The van der Waals surface area contributed by atoms with Gasteiger partial charge < -0.3 is 25.3 Å². The van der Waals surface area contributed by atoms with Gasteiger partial charge >= 0.3 is 11.9 Å². The fourth-order valence-electron chi connectivity index (χ4n) is 4.09. The quantitative estimate of drug-likeness (QED) is 0.389. The van der Waals surface area contributed by atoms with Gasteiger partial charge in [0.1, 0.15) is 5.75 Å². The molecule has 0 bridgehead atoms. The maximum Gasteiger partial charge on any atom is 0.414 e. The zero-order valence-electron chi connectivity index (χ0n) is 20.1. The van der Waals surface area contributed by atoms with E-state index >= 15 is 0 Å². The predicted molar refractivity (Wildman–Crippen MR) is 133 cm³/mol. The van der Waals surface area contributed by atoms with Gasteiger partial charge in [-0.05, 0) is 68.5 Å². The van der Waals surface area contributed by atoms with E-state index in [1.54, 1.807) is 0 Å². The largest absolute Gasteiger partial charge is 0.494 e. The highest BCUT2D eigenvalue weighted by molar-refractivity contribution is 6.27. The van der Waals surface area contributed by atoms with Gasteiger partial charge in [-0.15, -0.1) is 0 Å². The molecule has 1 aliphatic rings. The van der Waals surface area contributed by atoms with Gasteiger partial charge in [-0.2, -0.15) is 0 Å². The lowest BCUT2D eigenvalue weighted by Crippen LogP contribution is -2.40. The average Bonchev–Trinajstić information content (AvgIpc) is 2.82. The summed E-state index contributed by atoms with van der Waals surface area (Å²) in [6, 6.07) is 20.0. The maximum absolute atomic E-state index is 9.10. The molecule has 1 saturated heterocycles. The molecular weight excluding hydrogens is 434 g/mol. The average molecular weight is 474 g/mol. The van der Waals surface area contributed by atoms with Crippen molar-refractivity contribution in [3.8, 4) is 5.75 Å². The second-order valence-corrected chi connectivity index (χ2v) is 8.45. The molecule has 1 fully saturated rings. The van der Waals surface area contributed by atoms with Crippen molar-refractivity contribution >= 4 is 11.9 Å². The number of piperidine rings is 1. The molecule has 0 aromatic heterocycles. The standard InChI is InChI=1S/C25H35NO.C2H2O4.H2O/c1-2-3-8-18-26-19-9-7-12-24(26)17-20-27-25-15-13-23(14-16-25)21-22-10-5-4-6-11-22;3-1(4)2(5)6;/h4-6,10-11,13-16,24H,2-3,7-9,12,17-21H2,1H3;(H,3,4)(H,5,6);1H2. The number of hydrogen-bond acceptors (Lipinski definition) is 4. The molecule has 4 N–H and O–H groups in total. The Morgan fingerprint density at radius 2 is 1.59 bits per heavy atom. The minimum atomic E-state index is -1.82. The molecule has 1 unspecified atom stereocenters. The number of unbranched alkanes of at least 4 members (excludes halogenated alkanes) is 2. The van der Waals surface area contributed by atoms with Crippen LogP contribution in [-0.4, -0.2) is 58.3 Å². The number of carboxylic acid groups (broad SMARTS) is 2. The van der Waals surface area contributed by atoms with Crippen LogP contribution in [0.15, 0.2) is 54.6 Å². The Bertz CT molecular complexity index is 813. The molecule has 0 spiro atoms. The third kappa shape index (κ3) is 11.3. The van der Waals surface area contributed by atoms with Crippen LogP contribution in [0.1, 0.15) is 63.0 Å². The summed E-state index contributed by atoms with van der Waals surface area (Å²) in [6.07, 6.45) is 10.2. The SMILES string of the molecule is CCCCCN1CCCCC1CCOc1ccc(Cc2ccccc2)cc1.O.O=C(O)C(=O)O. The van der Waals surface area contributed by atoms with Crippen molar-refractivity contribution in [2.24, 2.45) is 0 Å². The molecule has 3 rings (SSSR count). The zero-order valence-corrected chi connectivity index (χ0v) is 20.1. The molecule has 7 nitrogen and oxygen atoms in total. The molecule has 7 heteroatoms. The van der Waals surface area contributed by atoms with E-state index in [0.29, 0.717) is 6.04 Å². The van der Waals surface area contributed by atoms with E-state index in [1.807, 2.05) is 0 Å². The topological polar surface area (TPSA) is 119 Å². The van der Waals surface area contributed by atoms with Gasteiger partial charge in [0, 0.05) is 6.04 Å². The fraction of sp³-hybridized carbons (Fsp3) is 0.481. The minimum Gasteiger partial charge on any atom is -0.494 e. The number of aliphatic carboxylic acids is 2. The van der Waals surface area contributed by atoms with Gasteiger partial charge in [-0.1, -0.05) is 68.7 Å². The second kappa shape index (κ2) is 16.7. The van der Waals surface area contributed by atoms with Crippen LogP contribution in [0.2, 0.25) is 0 Å². The fourth-order valence-corrected chi connectivity index (χ4v) is 4.09. The number of rotatable bonds is 10. The lowest BCUT2D eigenvalue weighted by Gasteiger charge is -2.35. The van der Waals surface area contributed by atoms with Gasteiger partial charge in [0.2, 0.25) is 0 Å². The van der Waals surface area contributed by atoms with Crippen molar-refractivity contribution in [2.75, 3.05) is 19.7 Å². The summed E-state index contributed by atoms with van der Waals surface area (Å²) < 4.78 is 6.06. The number of benzene rings is 2. The van der Waals surface area contributed by atoms with Crippen molar-refractivity contribution in [1.82, 2.24) is 4.90 Å². The van der Waals surface area contributed by atoms with Crippen LogP contribution in [0.5, 0.6) is 5.75 Å².